The number of imide groups is 1. The molecule has 1 aromatic carbocycles. The summed E-state index contributed by atoms with van der Waals surface area (Å²) >= 11 is 0. The van der Waals surface area contributed by atoms with Crippen LogP contribution in [0.15, 0.2) is 53.1 Å². The van der Waals surface area contributed by atoms with E-state index >= 15 is 0 Å². The van der Waals surface area contributed by atoms with Crippen LogP contribution in [0.5, 0.6) is 0 Å². The number of hydrogen-bond donors (Lipinski definition) is 3. The summed E-state index contributed by atoms with van der Waals surface area (Å²) in [6.07, 6.45) is 3.59. The number of benzene rings is 1. The summed E-state index contributed by atoms with van der Waals surface area (Å²) in [6, 6.07) is 13.2. The van der Waals surface area contributed by atoms with E-state index in [1.807, 2.05) is 47.8 Å². The highest BCUT2D eigenvalue weighted by molar-refractivity contribution is 5.94. The van der Waals surface area contributed by atoms with Crippen molar-refractivity contribution in [2.24, 2.45) is 0 Å². The molecule has 6 nitrogen and oxygen atoms in total. The smallest absolute Gasteiger partial charge is 0.321 e. The molecule has 120 valence electrons. The largest absolute Gasteiger partial charge is 0.463 e. The van der Waals surface area contributed by atoms with Crippen molar-refractivity contribution >= 4 is 11.9 Å². The Balaban J connectivity index is 1.58. The zero-order valence-corrected chi connectivity index (χ0v) is 12.7. The lowest BCUT2D eigenvalue weighted by Gasteiger charge is -2.13. The Morgan fingerprint density at radius 2 is 1.96 bits per heavy atom. The molecule has 6 heteroatoms. The summed E-state index contributed by atoms with van der Waals surface area (Å²) in [7, 11) is 0. The van der Waals surface area contributed by atoms with E-state index in [0.717, 1.165) is 24.2 Å². The lowest BCUT2D eigenvalue weighted by atomic mass is 10.0. The van der Waals surface area contributed by atoms with Crippen LogP contribution in [0.3, 0.4) is 0 Å². The van der Waals surface area contributed by atoms with Crippen molar-refractivity contribution in [3.05, 3.63) is 60.1 Å². The van der Waals surface area contributed by atoms with Crippen molar-refractivity contribution in [3.63, 3.8) is 0 Å². The average Bonchev–Trinajstić information content (AvgIpc) is 3.19. The molecule has 0 saturated heterocycles. The number of rotatable bonds is 6. The van der Waals surface area contributed by atoms with Crippen molar-refractivity contribution in [2.45, 2.75) is 24.9 Å². The minimum absolute atomic E-state index is 0.122. The molecule has 3 amide bonds. The SMILES string of the molecule is O=C(C[NH2+][C@@H](c1ccccc1)c1ccco1)NC(=O)NC1CC1. The van der Waals surface area contributed by atoms with Crippen molar-refractivity contribution in [1.29, 1.82) is 0 Å². The van der Waals surface area contributed by atoms with E-state index < -0.39 is 6.03 Å². The van der Waals surface area contributed by atoms with Gasteiger partial charge in [0.25, 0.3) is 5.91 Å². The Hall–Kier alpha value is -2.60. The summed E-state index contributed by atoms with van der Waals surface area (Å²) in [5.74, 6) is 0.446. The van der Waals surface area contributed by atoms with Gasteiger partial charge < -0.3 is 15.1 Å². The van der Waals surface area contributed by atoms with Crippen LogP contribution < -0.4 is 16.0 Å². The number of furan rings is 1. The minimum Gasteiger partial charge on any atom is -0.463 e. The van der Waals surface area contributed by atoms with Crippen LogP contribution in [0.25, 0.3) is 0 Å². The van der Waals surface area contributed by atoms with Crippen LogP contribution in [0.2, 0.25) is 0 Å². The van der Waals surface area contributed by atoms with Crippen molar-refractivity contribution in [1.82, 2.24) is 10.6 Å². The van der Waals surface area contributed by atoms with Gasteiger partial charge in [-0.15, -0.1) is 0 Å². The Kier molecular flexibility index (Phi) is 4.73. The maximum Gasteiger partial charge on any atom is 0.321 e. The number of nitrogens with two attached hydrogens (primary N) is 1. The summed E-state index contributed by atoms with van der Waals surface area (Å²) in [4.78, 5) is 23.5. The van der Waals surface area contributed by atoms with Crippen LogP contribution in [0, 0.1) is 0 Å². The molecule has 0 aliphatic heterocycles. The van der Waals surface area contributed by atoms with Gasteiger partial charge in [0.1, 0.15) is 0 Å². The Labute approximate surface area is 134 Å². The third-order valence-electron chi connectivity index (χ3n) is 3.71. The second-order valence-corrected chi connectivity index (χ2v) is 5.64. The first kappa shape index (κ1) is 15.3. The molecular weight excluding hydrogens is 294 g/mol. The third kappa shape index (κ3) is 4.43. The van der Waals surface area contributed by atoms with Crippen LogP contribution in [-0.4, -0.2) is 24.5 Å². The van der Waals surface area contributed by atoms with Gasteiger partial charge in [0.15, 0.2) is 18.3 Å². The summed E-state index contributed by atoms with van der Waals surface area (Å²) in [6.45, 7) is 0.137. The number of urea groups is 1. The quantitative estimate of drug-likeness (QED) is 0.741. The van der Waals surface area contributed by atoms with Crippen LogP contribution in [-0.2, 0) is 4.79 Å². The zero-order valence-electron chi connectivity index (χ0n) is 12.7. The van der Waals surface area contributed by atoms with Gasteiger partial charge in [0, 0.05) is 11.6 Å². The summed E-state index contributed by atoms with van der Waals surface area (Å²) in [5, 5.41) is 6.94. The zero-order chi connectivity index (χ0) is 16.1. The van der Waals surface area contributed by atoms with Gasteiger partial charge in [-0.25, -0.2) is 4.79 Å². The van der Waals surface area contributed by atoms with Gasteiger partial charge in [0.2, 0.25) is 0 Å². The van der Waals surface area contributed by atoms with Gasteiger partial charge in [-0.05, 0) is 25.0 Å². The van der Waals surface area contributed by atoms with E-state index in [4.69, 9.17) is 4.42 Å². The first-order valence-electron chi connectivity index (χ1n) is 7.74. The predicted octanol–water partition coefficient (Wildman–Crippen LogP) is 0.921. The molecule has 4 N–H and O–H groups in total. The number of quaternary nitrogens is 1. The number of amides is 3. The monoisotopic (exact) mass is 314 g/mol. The molecular formula is C17H20N3O3+. The Bertz CT molecular complexity index is 651. The number of carbonyl (C=O) groups is 2. The second kappa shape index (κ2) is 7.11. The second-order valence-electron chi connectivity index (χ2n) is 5.64. The van der Waals surface area contributed by atoms with Crippen LogP contribution in [0.4, 0.5) is 4.79 Å². The molecule has 1 aliphatic carbocycles. The molecule has 1 heterocycles. The number of hydrogen-bond acceptors (Lipinski definition) is 3. The lowest BCUT2D eigenvalue weighted by Crippen LogP contribution is -2.87. The van der Waals surface area contributed by atoms with E-state index in [1.54, 1.807) is 6.26 Å². The van der Waals surface area contributed by atoms with E-state index in [1.165, 1.54) is 0 Å². The molecule has 1 aliphatic rings. The fourth-order valence-corrected chi connectivity index (χ4v) is 2.40. The topological polar surface area (TPSA) is 88.0 Å². The molecule has 1 aromatic heterocycles. The molecule has 1 saturated carbocycles. The highest BCUT2D eigenvalue weighted by Gasteiger charge is 2.25. The van der Waals surface area contributed by atoms with Gasteiger partial charge in [0.05, 0.1) is 6.26 Å². The Morgan fingerprint density at radius 3 is 2.61 bits per heavy atom. The van der Waals surface area contributed by atoms with E-state index in [9.17, 15) is 9.59 Å². The van der Waals surface area contributed by atoms with Crippen LogP contribution >= 0.6 is 0 Å². The van der Waals surface area contributed by atoms with Crippen molar-refractivity contribution in [2.75, 3.05) is 6.54 Å². The van der Waals surface area contributed by atoms with E-state index in [-0.39, 0.29) is 24.5 Å². The maximum absolute atomic E-state index is 11.9. The normalized spacial score (nSPS) is 15.0. The number of nitrogens with one attached hydrogen (secondary N) is 2. The highest BCUT2D eigenvalue weighted by atomic mass is 16.3. The van der Waals surface area contributed by atoms with Gasteiger partial charge in [-0.2, -0.15) is 0 Å². The highest BCUT2D eigenvalue weighted by Crippen LogP contribution is 2.18. The van der Waals surface area contributed by atoms with E-state index in [0.29, 0.717) is 0 Å². The molecule has 23 heavy (non-hydrogen) atoms. The standard InChI is InChI=1S/C17H19N3O3/c21-15(20-17(22)19-13-8-9-13)11-18-16(14-7-4-10-23-14)12-5-2-1-3-6-12/h1-7,10,13,16,18H,8-9,11H2,(H2,19,20,21,22)/p+1/t16-/m0/s1. The van der Waals surface area contributed by atoms with Gasteiger partial charge in [-0.1, -0.05) is 30.3 Å². The summed E-state index contributed by atoms with van der Waals surface area (Å²) < 4.78 is 5.48. The molecule has 2 aromatic rings. The average molecular weight is 314 g/mol. The maximum atomic E-state index is 11.9. The predicted molar refractivity (Wildman–Crippen MR) is 83.5 cm³/mol. The summed E-state index contributed by atoms with van der Waals surface area (Å²) in [5.41, 5.74) is 1.04. The molecule has 0 unspecified atom stereocenters. The molecule has 0 radical (unpaired) electrons. The molecule has 3 rings (SSSR count). The fraction of sp³-hybridized carbons (Fsp3) is 0.294. The molecule has 1 fully saturated rings. The van der Waals surface area contributed by atoms with Gasteiger partial charge >= 0.3 is 6.03 Å². The lowest BCUT2D eigenvalue weighted by molar-refractivity contribution is -0.678. The van der Waals surface area contributed by atoms with E-state index in [2.05, 4.69) is 10.6 Å². The first-order valence-corrected chi connectivity index (χ1v) is 7.74. The fourth-order valence-electron chi connectivity index (χ4n) is 2.40. The number of carbonyl (C=O) groups excluding carboxylic acids is 2. The third-order valence-corrected chi connectivity index (χ3v) is 3.71. The van der Waals surface area contributed by atoms with Crippen molar-refractivity contribution in [3.8, 4) is 0 Å². The van der Waals surface area contributed by atoms with Gasteiger partial charge in [-0.3, -0.25) is 10.1 Å². The van der Waals surface area contributed by atoms with Crippen molar-refractivity contribution < 1.29 is 19.3 Å². The Morgan fingerprint density at radius 1 is 1.17 bits per heavy atom. The van der Waals surface area contributed by atoms with Crippen LogP contribution in [0.1, 0.15) is 30.2 Å². The molecule has 0 spiro atoms. The molecule has 1 atom stereocenters. The molecule has 0 bridgehead atoms. The minimum atomic E-state index is -0.417. The first-order chi connectivity index (χ1) is 11.2.